The first-order valence-electron chi connectivity index (χ1n) is 6.16. The van der Waals surface area contributed by atoms with Crippen molar-refractivity contribution in [2.45, 2.75) is 0 Å². The van der Waals surface area contributed by atoms with Crippen LogP contribution < -0.4 is 10.6 Å². The molecule has 96 valence electrons. The van der Waals surface area contributed by atoms with Crippen molar-refractivity contribution in [3.8, 4) is 0 Å². The fourth-order valence-corrected chi connectivity index (χ4v) is 2.56. The van der Waals surface area contributed by atoms with Gasteiger partial charge in [0.05, 0.1) is 0 Å². The van der Waals surface area contributed by atoms with Gasteiger partial charge in [-0.15, -0.1) is 0 Å². The maximum absolute atomic E-state index is 5.13. The van der Waals surface area contributed by atoms with Crippen LogP contribution in [0.25, 0.3) is 21.8 Å². The molecule has 19 heavy (non-hydrogen) atoms. The second-order valence-electron chi connectivity index (χ2n) is 4.51. The summed E-state index contributed by atoms with van der Waals surface area (Å²) < 4.78 is 2.21. The largest absolute Gasteiger partial charge is 0.366 e. The van der Waals surface area contributed by atoms with E-state index in [4.69, 9.17) is 12.2 Å². The second kappa shape index (κ2) is 4.55. The van der Waals surface area contributed by atoms with Crippen molar-refractivity contribution in [2.75, 3.05) is 12.4 Å². The van der Waals surface area contributed by atoms with Gasteiger partial charge in [0.25, 0.3) is 0 Å². The number of rotatable bonds is 1. The summed E-state index contributed by atoms with van der Waals surface area (Å²) in [7, 11) is 3.90. The molecule has 2 aromatic carbocycles. The van der Waals surface area contributed by atoms with Gasteiger partial charge in [0.1, 0.15) is 0 Å². The highest BCUT2D eigenvalue weighted by molar-refractivity contribution is 7.80. The molecule has 3 aromatic rings. The maximum Gasteiger partial charge on any atom is 0.170 e. The molecule has 0 fully saturated rings. The third kappa shape index (κ3) is 1.94. The van der Waals surface area contributed by atoms with Gasteiger partial charge in [-0.2, -0.15) is 0 Å². The third-order valence-corrected chi connectivity index (χ3v) is 3.70. The molecule has 0 aliphatic rings. The first-order valence-corrected chi connectivity index (χ1v) is 6.57. The smallest absolute Gasteiger partial charge is 0.170 e. The van der Waals surface area contributed by atoms with Crippen molar-refractivity contribution in [1.29, 1.82) is 0 Å². The molecule has 4 heteroatoms. The maximum atomic E-state index is 5.13. The van der Waals surface area contributed by atoms with Crippen molar-refractivity contribution in [3.63, 3.8) is 0 Å². The number of aromatic nitrogens is 1. The van der Waals surface area contributed by atoms with Crippen molar-refractivity contribution in [3.05, 3.63) is 42.5 Å². The Morgan fingerprint density at radius 3 is 2.58 bits per heavy atom. The Morgan fingerprint density at radius 2 is 1.79 bits per heavy atom. The van der Waals surface area contributed by atoms with Crippen molar-refractivity contribution >= 4 is 44.8 Å². The number of aryl methyl sites for hydroxylation is 1. The summed E-state index contributed by atoms with van der Waals surface area (Å²) in [6, 6.07) is 14.7. The zero-order valence-electron chi connectivity index (χ0n) is 10.9. The Bertz CT molecular complexity index is 774. The lowest BCUT2D eigenvalue weighted by Crippen LogP contribution is -2.23. The molecule has 0 unspecified atom stereocenters. The predicted octanol–water partition coefficient (Wildman–Crippen LogP) is 3.25. The molecule has 0 saturated carbocycles. The molecule has 3 nitrogen and oxygen atoms in total. The van der Waals surface area contributed by atoms with E-state index in [0.717, 1.165) is 5.69 Å². The zero-order valence-corrected chi connectivity index (χ0v) is 11.7. The number of thiocarbonyl (C=S) groups is 1. The fourth-order valence-electron chi connectivity index (χ4n) is 2.44. The Morgan fingerprint density at radius 1 is 1.05 bits per heavy atom. The van der Waals surface area contributed by atoms with Gasteiger partial charge in [0, 0.05) is 41.6 Å². The van der Waals surface area contributed by atoms with Gasteiger partial charge >= 0.3 is 0 Å². The highest BCUT2D eigenvalue weighted by Gasteiger charge is 2.08. The lowest BCUT2D eigenvalue weighted by molar-refractivity contribution is 1.01. The van der Waals surface area contributed by atoms with Crippen LogP contribution in [-0.4, -0.2) is 16.7 Å². The van der Waals surface area contributed by atoms with E-state index in [9.17, 15) is 0 Å². The lowest BCUT2D eigenvalue weighted by atomic mass is 10.1. The Kier molecular flexibility index (Phi) is 2.87. The van der Waals surface area contributed by atoms with Gasteiger partial charge < -0.3 is 15.2 Å². The average molecular weight is 269 g/mol. The number of anilines is 1. The minimum Gasteiger partial charge on any atom is -0.366 e. The molecule has 0 aliphatic heterocycles. The second-order valence-corrected chi connectivity index (χ2v) is 4.92. The summed E-state index contributed by atoms with van der Waals surface area (Å²) in [6.45, 7) is 0. The van der Waals surface area contributed by atoms with Crippen LogP contribution >= 0.6 is 12.2 Å². The highest BCUT2D eigenvalue weighted by Crippen LogP contribution is 2.29. The van der Waals surface area contributed by atoms with E-state index in [1.165, 1.54) is 21.8 Å². The topological polar surface area (TPSA) is 29.0 Å². The van der Waals surface area contributed by atoms with Gasteiger partial charge in [0.2, 0.25) is 0 Å². The summed E-state index contributed by atoms with van der Waals surface area (Å²) in [5.74, 6) is 0. The Balaban J connectivity index is 2.22. The van der Waals surface area contributed by atoms with E-state index < -0.39 is 0 Å². The molecular formula is C15H15N3S. The molecular weight excluding hydrogens is 254 g/mol. The number of benzene rings is 2. The molecule has 0 spiro atoms. The normalized spacial score (nSPS) is 10.8. The third-order valence-electron chi connectivity index (χ3n) is 3.40. The Labute approximate surface area is 117 Å². The van der Waals surface area contributed by atoms with Crippen molar-refractivity contribution < 1.29 is 0 Å². The number of nitrogens with one attached hydrogen (secondary N) is 2. The predicted molar refractivity (Wildman–Crippen MR) is 85.7 cm³/mol. The average Bonchev–Trinajstić information content (AvgIpc) is 2.73. The van der Waals surface area contributed by atoms with E-state index >= 15 is 0 Å². The van der Waals surface area contributed by atoms with E-state index in [2.05, 4.69) is 58.6 Å². The zero-order chi connectivity index (χ0) is 13.4. The standard InChI is InChI=1S/C15H15N3S/c1-16-15(19)17-10-7-8-14-12(9-10)11-5-3-4-6-13(11)18(14)2/h3-9H,1-2H3,(H2,16,17,19). The number of hydrogen-bond acceptors (Lipinski definition) is 1. The summed E-state index contributed by atoms with van der Waals surface area (Å²) in [4.78, 5) is 0. The van der Waals surface area contributed by atoms with Gasteiger partial charge in [-0.25, -0.2) is 0 Å². The van der Waals surface area contributed by atoms with Crippen LogP contribution in [0.15, 0.2) is 42.5 Å². The molecule has 0 saturated heterocycles. The minimum atomic E-state index is 0.625. The van der Waals surface area contributed by atoms with Gasteiger partial charge in [-0.05, 0) is 36.5 Å². The number of hydrogen-bond donors (Lipinski definition) is 2. The van der Waals surface area contributed by atoms with Crippen LogP contribution in [0.2, 0.25) is 0 Å². The van der Waals surface area contributed by atoms with Crippen LogP contribution in [0.5, 0.6) is 0 Å². The van der Waals surface area contributed by atoms with E-state index in [0.29, 0.717) is 5.11 Å². The molecule has 1 aromatic heterocycles. The number of nitrogens with zero attached hydrogens (tertiary/aromatic N) is 1. The molecule has 1 heterocycles. The van der Waals surface area contributed by atoms with Crippen LogP contribution in [0.4, 0.5) is 5.69 Å². The molecule has 0 atom stereocenters. The van der Waals surface area contributed by atoms with E-state index in [1.807, 2.05) is 13.1 Å². The molecule has 2 N–H and O–H groups in total. The van der Waals surface area contributed by atoms with E-state index in [1.54, 1.807) is 0 Å². The SMILES string of the molecule is CNC(=S)Nc1ccc2c(c1)c1ccccc1n2C. The molecule has 0 aliphatic carbocycles. The van der Waals surface area contributed by atoms with Crippen LogP contribution in [-0.2, 0) is 7.05 Å². The van der Waals surface area contributed by atoms with Gasteiger partial charge in [-0.3, -0.25) is 0 Å². The van der Waals surface area contributed by atoms with Gasteiger partial charge in [-0.1, -0.05) is 18.2 Å². The molecule has 0 radical (unpaired) electrons. The summed E-state index contributed by atoms with van der Waals surface area (Å²) in [5.41, 5.74) is 3.47. The van der Waals surface area contributed by atoms with Crippen molar-refractivity contribution in [2.24, 2.45) is 7.05 Å². The van der Waals surface area contributed by atoms with Crippen molar-refractivity contribution in [1.82, 2.24) is 9.88 Å². The quantitative estimate of drug-likeness (QED) is 0.664. The first-order chi connectivity index (χ1) is 9.20. The summed E-state index contributed by atoms with van der Waals surface area (Å²) >= 11 is 5.13. The van der Waals surface area contributed by atoms with Crippen LogP contribution in [0.3, 0.4) is 0 Å². The highest BCUT2D eigenvalue weighted by atomic mass is 32.1. The minimum absolute atomic E-state index is 0.625. The monoisotopic (exact) mass is 269 g/mol. The number of para-hydroxylation sites is 1. The molecule has 3 rings (SSSR count). The fraction of sp³-hybridized carbons (Fsp3) is 0.133. The number of fused-ring (bicyclic) bond motifs is 3. The molecule has 0 amide bonds. The first kappa shape index (κ1) is 12.0. The lowest BCUT2D eigenvalue weighted by Gasteiger charge is -2.07. The van der Waals surface area contributed by atoms with Crippen LogP contribution in [0.1, 0.15) is 0 Å². The van der Waals surface area contributed by atoms with Crippen LogP contribution in [0, 0.1) is 0 Å². The summed E-state index contributed by atoms with van der Waals surface area (Å²) in [5, 5.41) is 9.21. The summed E-state index contributed by atoms with van der Waals surface area (Å²) in [6.07, 6.45) is 0. The van der Waals surface area contributed by atoms with E-state index in [-0.39, 0.29) is 0 Å². The van der Waals surface area contributed by atoms with Gasteiger partial charge in [0.15, 0.2) is 5.11 Å². The molecule has 0 bridgehead atoms. The Hall–Kier alpha value is -2.07.